The van der Waals surface area contributed by atoms with Gasteiger partial charge in [-0.15, -0.1) is 0 Å². The molecule has 0 aliphatic rings. The van der Waals surface area contributed by atoms with Gasteiger partial charge in [0.25, 0.3) is 0 Å². The van der Waals surface area contributed by atoms with Crippen LogP contribution in [0.1, 0.15) is 96.8 Å². The predicted molar refractivity (Wildman–Crippen MR) is 84.2 cm³/mol. The Morgan fingerprint density at radius 1 is 0.556 bits per heavy atom. The smallest absolute Gasteiger partial charge is 0.0775 e. The molecule has 0 spiro atoms. The van der Waals surface area contributed by atoms with Crippen LogP contribution >= 0.6 is 8.46 Å². The third kappa shape index (κ3) is 16.1. The van der Waals surface area contributed by atoms with Gasteiger partial charge in [0.2, 0.25) is 0 Å². The van der Waals surface area contributed by atoms with E-state index in [1.54, 1.807) is 0 Å². The molecule has 0 aromatic heterocycles. The summed E-state index contributed by atoms with van der Waals surface area (Å²) in [7, 11) is -0.0809. The molecule has 0 N–H and O–H groups in total. The molecule has 0 bridgehead atoms. The maximum absolute atomic E-state index is 10.3. The maximum Gasteiger partial charge on any atom is 0.324 e. The Bertz CT molecular complexity index is 159. The van der Waals surface area contributed by atoms with E-state index in [1.165, 1.54) is 89.9 Å². The van der Waals surface area contributed by atoms with Gasteiger partial charge >= 0.3 is 8.46 Å². The van der Waals surface area contributed by atoms with Crippen molar-refractivity contribution in [1.29, 1.82) is 0 Å². The molecule has 0 aromatic rings. The highest BCUT2D eigenvalue weighted by atomic mass is 31.1. The van der Waals surface area contributed by atoms with Gasteiger partial charge in [-0.05, 0) is 12.8 Å². The Morgan fingerprint density at radius 2 is 0.889 bits per heavy atom. The van der Waals surface area contributed by atoms with Crippen molar-refractivity contribution in [3.63, 3.8) is 0 Å². The molecular weight excluding hydrogens is 239 g/mol. The minimum absolute atomic E-state index is 0.0809. The van der Waals surface area contributed by atoms with Crippen LogP contribution < -0.4 is 0 Å². The molecule has 1 unspecified atom stereocenters. The lowest BCUT2D eigenvalue weighted by molar-refractivity contribution is 0.538. The van der Waals surface area contributed by atoms with Gasteiger partial charge in [-0.1, -0.05) is 88.5 Å². The van der Waals surface area contributed by atoms with E-state index in [9.17, 15) is 4.57 Å². The van der Waals surface area contributed by atoms with Gasteiger partial charge in [0.1, 0.15) is 6.16 Å². The highest BCUT2D eigenvalue weighted by molar-refractivity contribution is 7.23. The molecule has 0 radical (unpaired) electrons. The fourth-order valence-corrected chi connectivity index (χ4v) is 2.79. The molecule has 2 heteroatoms. The molecule has 0 amide bonds. The SMILES string of the molecule is CCCCCCCCCCCCCCCC[PH+]=O. The zero-order valence-electron chi connectivity index (χ0n) is 12.5. The average molecular weight is 273 g/mol. The lowest BCUT2D eigenvalue weighted by Gasteiger charge is -2.02. The Kier molecular flexibility index (Phi) is 17.2. The quantitative estimate of drug-likeness (QED) is 0.246. The van der Waals surface area contributed by atoms with Crippen molar-refractivity contribution in [2.45, 2.75) is 96.8 Å². The summed E-state index contributed by atoms with van der Waals surface area (Å²) in [6, 6.07) is 0. The van der Waals surface area contributed by atoms with E-state index in [-0.39, 0.29) is 8.46 Å². The van der Waals surface area contributed by atoms with E-state index in [1.807, 2.05) is 0 Å². The van der Waals surface area contributed by atoms with Gasteiger partial charge in [0.05, 0.1) is 0 Å². The lowest BCUT2D eigenvalue weighted by Crippen LogP contribution is -1.83. The molecule has 0 aliphatic carbocycles. The maximum atomic E-state index is 10.3. The van der Waals surface area contributed by atoms with Crippen molar-refractivity contribution < 1.29 is 4.57 Å². The van der Waals surface area contributed by atoms with Crippen molar-refractivity contribution in [3.8, 4) is 0 Å². The van der Waals surface area contributed by atoms with Gasteiger partial charge in [-0.2, -0.15) is 0 Å². The molecule has 18 heavy (non-hydrogen) atoms. The van der Waals surface area contributed by atoms with Crippen molar-refractivity contribution in [2.75, 3.05) is 6.16 Å². The third-order valence-corrected chi connectivity index (χ3v) is 4.19. The topological polar surface area (TPSA) is 17.1 Å². The Balaban J connectivity index is 2.88. The Labute approximate surface area is 116 Å². The highest BCUT2D eigenvalue weighted by Crippen LogP contribution is 2.13. The molecule has 1 nitrogen and oxygen atoms in total. The van der Waals surface area contributed by atoms with Crippen LogP contribution in [0, 0.1) is 0 Å². The summed E-state index contributed by atoms with van der Waals surface area (Å²) in [6.07, 6.45) is 20.4. The van der Waals surface area contributed by atoms with Crippen LogP contribution in [0.3, 0.4) is 0 Å². The number of hydrogen-bond donors (Lipinski definition) is 0. The molecule has 0 heterocycles. The highest BCUT2D eigenvalue weighted by Gasteiger charge is 1.95. The second kappa shape index (κ2) is 17.1. The molecule has 0 saturated carbocycles. The first-order chi connectivity index (χ1) is 8.91. The Hall–Kier alpha value is 0.100. The van der Waals surface area contributed by atoms with Crippen molar-refractivity contribution in [2.24, 2.45) is 0 Å². The predicted octanol–water partition coefficient (Wildman–Crippen LogP) is 6.49. The van der Waals surface area contributed by atoms with Crippen LogP contribution in [0.15, 0.2) is 0 Å². The first-order valence-electron chi connectivity index (χ1n) is 8.26. The Morgan fingerprint density at radius 3 is 1.22 bits per heavy atom. The number of unbranched alkanes of at least 4 members (excludes halogenated alkanes) is 13. The van der Waals surface area contributed by atoms with Gasteiger partial charge in [0.15, 0.2) is 0 Å². The van der Waals surface area contributed by atoms with Gasteiger partial charge in [-0.25, -0.2) is 0 Å². The third-order valence-electron chi connectivity index (χ3n) is 3.63. The van der Waals surface area contributed by atoms with Crippen LogP contribution in [0.2, 0.25) is 0 Å². The summed E-state index contributed by atoms with van der Waals surface area (Å²) < 4.78 is 10.3. The molecule has 0 aliphatic heterocycles. The van der Waals surface area contributed by atoms with Crippen molar-refractivity contribution >= 4 is 8.46 Å². The van der Waals surface area contributed by atoms with E-state index in [0.29, 0.717) is 0 Å². The summed E-state index contributed by atoms with van der Waals surface area (Å²) in [5.41, 5.74) is 0. The average Bonchev–Trinajstić information content (AvgIpc) is 2.39. The largest absolute Gasteiger partial charge is 0.324 e. The fraction of sp³-hybridized carbons (Fsp3) is 1.00. The van der Waals surface area contributed by atoms with E-state index in [0.717, 1.165) is 6.16 Å². The summed E-state index contributed by atoms with van der Waals surface area (Å²) >= 11 is 0. The second-order valence-corrected chi connectivity index (χ2v) is 6.28. The summed E-state index contributed by atoms with van der Waals surface area (Å²) in [5, 5.41) is 0. The van der Waals surface area contributed by atoms with Gasteiger partial charge in [-0.3, -0.25) is 0 Å². The van der Waals surface area contributed by atoms with Crippen LogP contribution in [-0.4, -0.2) is 6.16 Å². The summed E-state index contributed by atoms with van der Waals surface area (Å²) in [5.74, 6) is 0. The van der Waals surface area contributed by atoms with Crippen LogP contribution in [0.4, 0.5) is 0 Å². The fourth-order valence-electron chi connectivity index (χ4n) is 2.39. The van der Waals surface area contributed by atoms with Gasteiger partial charge < -0.3 is 0 Å². The van der Waals surface area contributed by atoms with E-state index >= 15 is 0 Å². The second-order valence-electron chi connectivity index (χ2n) is 5.49. The molecule has 108 valence electrons. The molecule has 0 aromatic carbocycles. The number of rotatable bonds is 15. The first kappa shape index (κ1) is 18.1. The lowest BCUT2D eigenvalue weighted by atomic mass is 10.0. The summed E-state index contributed by atoms with van der Waals surface area (Å²) in [6.45, 7) is 2.28. The van der Waals surface area contributed by atoms with Gasteiger partial charge in [0, 0.05) is 0 Å². The van der Waals surface area contributed by atoms with E-state index < -0.39 is 0 Å². The normalized spacial score (nSPS) is 11.2. The minimum atomic E-state index is -0.0809. The molecule has 0 rings (SSSR count). The minimum Gasteiger partial charge on any atom is -0.0775 e. The van der Waals surface area contributed by atoms with Crippen LogP contribution in [0.5, 0.6) is 0 Å². The molecule has 1 atom stereocenters. The van der Waals surface area contributed by atoms with Crippen LogP contribution in [-0.2, 0) is 4.57 Å². The zero-order valence-corrected chi connectivity index (χ0v) is 13.5. The van der Waals surface area contributed by atoms with E-state index in [4.69, 9.17) is 0 Å². The van der Waals surface area contributed by atoms with Crippen LogP contribution in [0.25, 0.3) is 0 Å². The molecule has 0 saturated heterocycles. The molecular formula is C16H34OP+. The standard InChI is InChI=1S/C16H33OP/c1-2-3-4-5-6-7-8-9-10-11-12-13-14-15-16-18-17/h2-16H2,1H3/p+1. The molecule has 0 fully saturated rings. The van der Waals surface area contributed by atoms with E-state index in [2.05, 4.69) is 6.92 Å². The first-order valence-corrected chi connectivity index (χ1v) is 9.38. The van der Waals surface area contributed by atoms with Crippen molar-refractivity contribution in [1.82, 2.24) is 0 Å². The monoisotopic (exact) mass is 273 g/mol. The van der Waals surface area contributed by atoms with Crippen molar-refractivity contribution in [3.05, 3.63) is 0 Å². The zero-order chi connectivity index (χ0) is 13.3. The summed E-state index contributed by atoms with van der Waals surface area (Å²) in [4.78, 5) is 0. The number of hydrogen-bond acceptors (Lipinski definition) is 1.